The Hall–Kier alpha value is -1.16. The van der Waals surface area contributed by atoms with Crippen LogP contribution in [0.25, 0.3) is 0 Å². The van der Waals surface area contributed by atoms with Crippen LogP contribution in [0.2, 0.25) is 0 Å². The predicted octanol–water partition coefficient (Wildman–Crippen LogP) is 2.83. The standard InChI is InChI=1S/C13H17F2NO/c1-9(2)12-8-16(6-7-17-12)11-5-3-4-10(14)13(11)15/h3-5,9,12H,6-8H2,1-2H3. The molecule has 1 fully saturated rings. The van der Waals surface area contributed by atoms with E-state index in [0.29, 0.717) is 31.3 Å². The van der Waals surface area contributed by atoms with Crippen molar-refractivity contribution in [2.75, 3.05) is 24.6 Å². The summed E-state index contributed by atoms with van der Waals surface area (Å²) in [6, 6.07) is 4.29. The largest absolute Gasteiger partial charge is 0.374 e. The Labute approximate surface area is 100 Å². The summed E-state index contributed by atoms with van der Waals surface area (Å²) in [7, 11) is 0. The van der Waals surface area contributed by atoms with Crippen LogP contribution in [0.3, 0.4) is 0 Å². The van der Waals surface area contributed by atoms with Gasteiger partial charge in [-0.05, 0) is 18.1 Å². The van der Waals surface area contributed by atoms with Crippen molar-refractivity contribution in [3.05, 3.63) is 29.8 Å². The van der Waals surface area contributed by atoms with Gasteiger partial charge >= 0.3 is 0 Å². The molecule has 1 atom stereocenters. The van der Waals surface area contributed by atoms with Gasteiger partial charge in [-0.2, -0.15) is 0 Å². The third kappa shape index (κ3) is 2.57. The number of morpholine rings is 1. The Kier molecular flexibility index (Phi) is 3.62. The first-order valence-electron chi connectivity index (χ1n) is 5.90. The smallest absolute Gasteiger partial charge is 0.182 e. The minimum atomic E-state index is -0.796. The predicted molar refractivity (Wildman–Crippen MR) is 63.1 cm³/mol. The number of benzene rings is 1. The fraction of sp³-hybridized carbons (Fsp3) is 0.538. The van der Waals surface area contributed by atoms with Gasteiger partial charge in [-0.15, -0.1) is 0 Å². The molecule has 0 aliphatic carbocycles. The van der Waals surface area contributed by atoms with Crippen LogP contribution < -0.4 is 4.90 Å². The molecule has 2 nitrogen and oxygen atoms in total. The molecule has 1 aromatic rings. The monoisotopic (exact) mass is 241 g/mol. The number of hydrogen-bond donors (Lipinski definition) is 0. The highest BCUT2D eigenvalue weighted by atomic mass is 19.2. The van der Waals surface area contributed by atoms with Crippen molar-refractivity contribution >= 4 is 5.69 Å². The molecule has 0 saturated carbocycles. The maximum absolute atomic E-state index is 13.7. The van der Waals surface area contributed by atoms with E-state index in [9.17, 15) is 8.78 Å². The second kappa shape index (κ2) is 5.00. The minimum Gasteiger partial charge on any atom is -0.374 e. The minimum absolute atomic E-state index is 0.0754. The first-order valence-corrected chi connectivity index (χ1v) is 5.90. The molecule has 1 heterocycles. The fourth-order valence-electron chi connectivity index (χ4n) is 2.03. The van der Waals surface area contributed by atoms with Crippen LogP contribution >= 0.6 is 0 Å². The topological polar surface area (TPSA) is 12.5 Å². The molecule has 0 aromatic heterocycles. The molecule has 1 aliphatic heterocycles. The second-order valence-corrected chi connectivity index (χ2v) is 4.67. The molecule has 2 rings (SSSR count). The molecule has 4 heteroatoms. The van der Waals surface area contributed by atoms with Gasteiger partial charge in [-0.25, -0.2) is 8.78 Å². The summed E-state index contributed by atoms with van der Waals surface area (Å²) in [5, 5.41) is 0. The first-order chi connectivity index (χ1) is 8.09. The summed E-state index contributed by atoms with van der Waals surface area (Å²) in [6.45, 7) is 5.90. The van der Waals surface area contributed by atoms with E-state index in [2.05, 4.69) is 13.8 Å². The maximum Gasteiger partial charge on any atom is 0.182 e. The maximum atomic E-state index is 13.7. The van der Waals surface area contributed by atoms with Crippen molar-refractivity contribution in [3.8, 4) is 0 Å². The molecule has 0 amide bonds. The van der Waals surface area contributed by atoms with Crippen molar-refractivity contribution in [2.24, 2.45) is 5.92 Å². The summed E-state index contributed by atoms with van der Waals surface area (Å²) in [5.74, 6) is -1.19. The highest BCUT2D eigenvalue weighted by Crippen LogP contribution is 2.24. The molecule has 17 heavy (non-hydrogen) atoms. The zero-order valence-electron chi connectivity index (χ0n) is 10.1. The van der Waals surface area contributed by atoms with Crippen molar-refractivity contribution in [3.63, 3.8) is 0 Å². The van der Waals surface area contributed by atoms with Crippen molar-refractivity contribution in [2.45, 2.75) is 20.0 Å². The van der Waals surface area contributed by atoms with Crippen LogP contribution in [-0.4, -0.2) is 25.8 Å². The first kappa shape index (κ1) is 12.3. The highest BCUT2D eigenvalue weighted by molar-refractivity contribution is 5.48. The van der Waals surface area contributed by atoms with E-state index in [1.54, 1.807) is 6.07 Å². The van der Waals surface area contributed by atoms with Gasteiger partial charge in [0.1, 0.15) is 0 Å². The highest BCUT2D eigenvalue weighted by Gasteiger charge is 2.25. The Balaban J connectivity index is 2.19. The van der Waals surface area contributed by atoms with E-state index < -0.39 is 11.6 Å². The van der Waals surface area contributed by atoms with Gasteiger partial charge in [0.2, 0.25) is 0 Å². The fourth-order valence-corrected chi connectivity index (χ4v) is 2.03. The Morgan fingerprint density at radius 1 is 1.35 bits per heavy atom. The molecular weight excluding hydrogens is 224 g/mol. The Morgan fingerprint density at radius 3 is 2.82 bits per heavy atom. The SMILES string of the molecule is CC(C)C1CN(c2cccc(F)c2F)CCO1. The lowest BCUT2D eigenvalue weighted by Gasteiger charge is -2.36. The molecule has 1 unspecified atom stereocenters. The number of ether oxygens (including phenoxy) is 1. The van der Waals surface area contributed by atoms with Gasteiger partial charge in [-0.3, -0.25) is 0 Å². The summed E-state index contributed by atoms with van der Waals surface area (Å²) in [4.78, 5) is 1.85. The molecule has 0 bridgehead atoms. The Bertz CT molecular complexity index is 395. The van der Waals surface area contributed by atoms with Crippen LogP contribution in [0, 0.1) is 17.6 Å². The van der Waals surface area contributed by atoms with E-state index in [0.717, 1.165) is 6.07 Å². The van der Waals surface area contributed by atoms with Gasteiger partial charge in [0.25, 0.3) is 0 Å². The van der Waals surface area contributed by atoms with E-state index in [1.807, 2.05) is 4.90 Å². The number of anilines is 1. The van der Waals surface area contributed by atoms with E-state index in [-0.39, 0.29) is 6.10 Å². The molecule has 0 radical (unpaired) electrons. The average Bonchev–Trinajstić information content (AvgIpc) is 2.33. The molecule has 0 N–H and O–H groups in total. The van der Waals surface area contributed by atoms with Crippen LogP contribution in [-0.2, 0) is 4.74 Å². The lowest BCUT2D eigenvalue weighted by atomic mass is 10.1. The van der Waals surface area contributed by atoms with Crippen LogP contribution in [0.15, 0.2) is 18.2 Å². The van der Waals surface area contributed by atoms with Crippen LogP contribution in [0.1, 0.15) is 13.8 Å². The summed E-state index contributed by atoms with van der Waals surface area (Å²) in [6.07, 6.45) is 0.0754. The molecule has 0 spiro atoms. The number of rotatable bonds is 2. The number of hydrogen-bond acceptors (Lipinski definition) is 2. The molecule has 94 valence electrons. The van der Waals surface area contributed by atoms with Gasteiger partial charge in [0, 0.05) is 13.1 Å². The van der Waals surface area contributed by atoms with E-state index in [1.165, 1.54) is 6.07 Å². The summed E-state index contributed by atoms with van der Waals surface area (Å²) >= 11 is 0. The van der Waals surface area contributed by atoms with Gasteiger partial charge < -0.3 is 9.64 Å². The lowest BCUT2D eigenvalue weighted by molar-refractivity contribution is 0.0112. The van der Waals surface area contributed by atoms with E-state index in [4.69, 9.17) is 4.74 Å². The van der Waals surface area contributed by atoms with Gasteiger partial charge in [-0.1, -0.05) is 19.9 Å². The van der Waals surface area contributed by atoms with Gasteiger partial charge in [0.15, 0.2) is 11.6 Å². The average molecular weight is 241 g/mol. The van der Waals surface area contributed by atoms with Crippen LogP contribution in [0.5, 0.6) is 0 Å². The molecule has 1 saturated heterocycles. The van der Waals surface area contributed by atoms with Crippen molar-refractivity contribution in [1.29, 1.82) is 0 Å². The molecule has 1 aliphatic rings. The van der Waals surface area contributed by atoms with Crippen LogP contribution in [0.4, 0.5) is 14.5 Å². The zero-order valence-corrected chi connectivity index (χ0v) is 10.1. The quantitative estimate of drug-likeness (QED) is 0.789. The second-order valence-electron chi connectivity index (χ2n) is 4.67. The molecule has 1 aromatic carbocycles. The lowest BCUT2D eigenvalue weighted by Crippen LogP contribution is -2.45. The third-order valence-electron chi connectivity index (χ3n) is 3.11. The van der Waals surface area contributed by atoms with Gasteiger partial charge in [0.05, 0.1) is 18.4 Å². The molecular formula is C13H17F2NO. The van der Waals surface area contributed by atoms with E-state index >= 15 is 0 Å². The zero-order chi connectivity index (χ0) is 12.4. The van der Waals surface area contributed by atoms with Crippen molar-refractivity contribution < 1.29 is 13.5 Å². The Morgan fingerprint density at radius 2 is 2.12 bits per heavy atom. The summed E-state index contributed by atoms with van der Waals surface area (Å²) < 4.78 is 32.4. The number of nitrogens with zero attached hydrogens (tertiary/aromatic N) is 1. The van der Waals surface area contributed by atoms with Crippen molar-refractivity contribution in [1.82, 2.24) is 0 Å². The normalized spacial score (nSPS) is 21.0. The number of halogens is 2. The third-order valence-corrected chi connectivity index (χ3v) is 3.11. The summed E-state index contributed by atoms with van der Waals surface area (Å²) in [5.41, 5.74) is 0.332.